The van der Waals surface area contributed by atoms with Gasteiger partial charge >= 0.3 is 5.63 Å². The van der Waals surface area contributed by atoms with Crippen LogP contribution >= 0.6 is 0 Å². The quantitative estimate of drug-likeness (QED) is 0.580. The fourth-order valence-corrected chi connectivity index (χ4v) is 3.33. The van der Waals surface area contributed by atoms with E-state index in [0.717, 1.165) is 5.56 Å². The van der Waals surface area contributed by atoms with Crippen molar-refractivity contribution in [3.63, 3.8) is 0 Å². The van der Waals surface area contributed by atoms with Crippen LogP contribution in [-0.2, 0) is 4.79 Å². The van der Waals surface area contributed by atoms with E-state index < -0.39 is 11.5 Å². The van der Waals surface area contributed by atoms with E-state index >= 15 is 0 Å². The standard InChI is InChI=1S/C20H14O5/c1-10(21)9-13(11-5-3-2-4-6-11)16-19(23)17-14(25-20(16)24)8-7-12-15(17)18(12)22/h2-8,13,23H,9H2,1H3. The van der Waals surface area contributed by atoms with Crippen molar-refractivity contribution >= 4 is 27.5 Å². The Morgan fingerprint density at radius 2 is 1.80 bits per heavy atom. The second kappa shape index (κ2) is 5.41. The number of carbonyl (C=O) groups excluding carboxylic acids is 1. The summed E-state index contributed by atoms with van der Waals surface area (Å²) in [6.07, 6.45) is 0.0524. The van der Waals surface area contributed by atoms with Gasteiger partial charge in [0, 0.05) is 23.1 Å². The molecule has 1 unspecified atom stereocenters. The fourth-order valence-electron chi connectivity index (χ4n) is 3.33. The molecule has 124 valence electrons. The van der Waals surface area contributed by atoms with Crippen molar-refractivity contribution in [3.05, 3.63) is 74.2 Å². The zero-order chi connectivity index (χ0) is 17.7. The summed E-state index contributed by atoms with van der Waals surface area (Å²) in [4.78, 5) is 36.1. The molecular formula is C20H14O5. The second-order valence-corrected chi connectivity index (χ2v) is 6.21. The number of carbonyl (C=O) groups is 1. The first kappa shape index (κ1) is 15.3. The van der Waals surface area contributed by atoms with E-state index in [4.69, 9.17) is 4.42 Å². The molecule has 1 heterocycles. The van der Waals surface area contributed by atoms with Crippen LogP contribution in [0.15, 0.2) is 56.5 Å². The van der Waals surface area contributed by atoms with Gasteiger partial charge in [0.1, 0.15) is 17.1 Å². The van der Waals surface area contributed by atoms with Crippen molar-refractivity contribution in [1.29, 1.82) is 0 Å². The van der Waals surface area contributed by atoms with E-state index in [0.29, 0.717) is 10.8 Å². The van der Waals surface area contributed by atoms with E-state index in [2.05, 4.69) is 0 Å². The van der Waals surface area contributed by atoms with E-state index in [1.807, 2.05) is 6.07 Å². The molecule has 4 rings (SSSR count). The summed E-state index contributed by atoms with van der Waals surface area (Å²) in [5.41, 5.74) is 0.0523. The van der Waals surface area contributed by atoms with Crippen LogP contribution in [0.3, 0.4) is 0 Å². The number of hydrogen-bond acceptors (Lipinski definition) is 5. The predicted molar refractivity (Wildman–Crippen MR) is 93.9 cm³/mol. The van der Waals surface area contributed by atoms with Crippen LogP contribution in [0, 0.1) is 0 Å². The van der Waals surface area contributed by atoms with Crippen LogP contribution in [0.25, 0.3) is 21.7 Å². The summed E-state index contributed by atoms with van der Waals surface area (Å²) in [5.74, 6) is -1.03. The number of fused-ring (bicyclic) bond motifs is 3. The number of ketones is 1. The molecule has 25 heavy (non-hydrogen) atoms. The molecule has 5 heteroatoms. The topological polar surface area (TPSA) is 84.6 Å². The minimum absolute atomic E-state index is 0.0157. The lowest BCUT2D eigenvalue weighted by molar-refractivity contribution is -0.117. The van der Waals surface area contributed by atoms with Gasteiger partial charge in [-0.3, -0.25) is 9.59 Å². The maximum absolute atomic E-state index is 12.5. The highest BCUT2D eigenvalue weighted by Crippen LogP contribution is 2.39. The highest BCUT2D eigenvalue weighted by molar-refractivity contribution is 6.17. The first-order valence-electron chi connectivity index (χ1n) is 7.90. The number of Topliss-reactive ketones (excluding diaryl/α,β-unsaturated/α-hetero) is 1. The van der Waals surface area contributed by atoms with Gasteiger partial charge in [0.25, 0.3) is 0 Å². The van der Waals surface area contributed by atoms with Crippen molar-refractivity contribution in [2.75, 3.05) is 0 Å². The van der Waals surface area contributed by atoms with Crippen LogP contribution in [0.1, 0.15) is 30.4 Å². The van der Waals surface area contributed by atoms with Gasteiger partial charge < -0.3 is 9.52 Å². The largest absolute Gasteiger partial charge is 0.507 e. The van der Waals surface area contributed by atoms with Crippen molar-refractivity contribution in [2.24, 2.45) is 0 Å². The second-order valence-electron chi connectivity index (χ2n) is 6.21. The Morgan fingerprint density at radius 3 is 2.48 bits per heavy atom. The van der Waals surface area contributed by atoms with Gasteiger partial charge in [-0.15, -0.1) is 0 Å². The number of rotatable bonds is 4. The number of hydrogen-bond donors (Lipinski definition) is 1. The first-order chi connectivity index (χ1) is 12.0. The molecule has 0 spiro atoms. The Hall–Kier alpha value is -3.21. The Labute approximate surface area is 141 Å². The fraction of sp³-hybridized carbons (Fsp3) is 0.150. The van der Waals surface area contributed by atoms with Crippen molar-refractivity contribution in [1.82, 2.24) is 0 Å². The summed E-state index contributed by atoms with van der Waals surface area (Å²) in [5, 5.41) is 11.9. The molecule has 0 amide bonds. The van der Waals surface area contributed by atoms with Gasteiger partial charge in [-0.25, -0.2) is 4.79 Å². The summed E-state index contributed by atoms with van der Waals surface area (Å²) >= 11 is 0. The Kier molecular flexibility index (Phi) is 3.32. The van der Waals surface area contributed by atoms with E-state index in [1.165, 1.54) is 13.0 Å². The highest BCUT2D eigenvalue weighted by Gasteiger charge is 2.28. The average molecular weight is 334 g/mol. The van der Waals surface area contributed by atoms with Crippen LogP contribution in [0.5, 0.6) is 5.75 Å². The van der Waals surface area contributed by atoms with Gasteiger partial charge in [-0.1, -0.05) is 30.3 Å². The van der Waals surface area contributed by atoms with Gasteiger partial charge in [0.15, 0.2) is 5.43 Å². The lowest BCUT2D eigenvalue weighted by Crippen LogP contribution is -2.16. The van der Waals surface area contributed by atoms with E-state index in [9.17, 15) is 19.5 Å². The number of benzene rings is 2. The third kappa shape index (κ3) is 2.36. The zero-order valence-electron chi connectivity index (χ0n) is 13.4. The zero-order valence-corrected chi connectivity index (χ0v) is 13.4. The van der Waals surface area contributed by atoms with Crippen molar-refractivity contribution < 1.29 is 14.3 Å². The van der Waals surface area contributed by atoms with Crippen LogP contribution in [-0.4, -0.2) is 10.9 Å². The van der Waals surface area contributed by atoms with Crippen LogP contribution in [0.4, 0.5) is 0 Å². The lowest BCUT2D eigenvalue weighted by atomic mass is 9.87. The molecule has 4 aromatic rings. The Morgan fingerprint density at radius 1 is 1.08 bits per heavy atom. The van der Waals surface area contributed by atoms with Gasteiger partial charge in [0.2, 0.25) is 0 Å². The van der Waals surface area contributed by atoms with Crippen molar-refractivity contribution in [2.45, 2.75) is 19.3 Å². The molecule has 0 radical (unpaired) electrons. The summed E-state index contributed by atoms with van der Waals surface area (Å²) in [6.45, 7) is 1.43. The molecule has 5 nitrogen and oxygen atoms in total. The molecule has 0 aliphatic heterocycles. The van der Waals surface area contributed by atoms with E-state index in [1.54, 1.807) is 30.3 Å². The summed E-state index contributed by atoms with van der Waals surface area (Å²) in [7, 11) is 0. The maximum Gasteiger partial charge on any atom is 0.343 e. The highest BCUT2D eigenvalue weighted by atomic mass is 16.4. The lowest BCUT2D eigenvalue weighted by Gasteiger charge is -2.17. The molecule has 1 atom stereocenters. The predicted octanol–water partition coefficient (Wildman–Crippen LogP) is 3.00. The normalized spacial score (nSPS) is 12.8. The maximum atomic E-state index is 12.5. The van der Waals surface area contributed by atoms with Crippen LogP contribution in [0.2, 0.25) is 0 Å². The van der Waals surface area contributed by atoms with Crippen molar-refractivity contribution in [3.8, 4) is 5.75 Å². The third-order valence-corrected chi connectivity index (χ3v) is 4.53. The molecule has 0 bridgehead atoms. The van der Waals surface area contributed by atoms with E-state index in [-0.39, 0.29) is 39.9 Å². The molecule has 0 fully saturated rings. The third-order valence-electron chi connectivity index (χ3n) is 4.53. The molecule has 1 N–H and O–H groups in total. The van der Waals surface area contributed by atoms with Gasteiger partial charge in [-0.05, 0) is 24.6 Å². The minimum atomic E-state index is -0.701. The SMILES string of the molecule is CC(=O)CC(c1ccccc1)c1c(O)c2c(ccc3c(=O)c32)oc1=O. The minimum Gasteiger partial charge on any atom is -0.507 e. The van der Waals surface area contributed by atoms with Gasteiger partial charge in [0.05, 0.1) is 10.9 Å². The Bertz CT molecular complexity index is 1190. The van der Waals surface area contributed by atoms with Crippen LogP contribution < -0.4 is 11.1 Å². The molecule has 0 saturated heterocycles. The molecule has 1 aromatic heterocycles. The summed E-state index contributed by atoms with van der Waals surface area (Å²) in [6, 6.07) is 12.1. The smallest absolute Gasteiger partial charge is 0.343 e. The average Bonchev–Trinajstić information content (AvgIpc) is 3.24. The number of aromatic hydroxyl groups is 1. The molecular weight excluding hydrogens is 320 g/mol. The monoisotopic (exact) mass is 334 g/mol. The first-order valence-corrected chi connectivity index (χ1v) is 7.90. The Balaban J connectivity index is 2.03. The molecule has 3 aromatic carbocycles. The molecule has 0 aliphatic carbocycles. The molecule has 0 saturated carbocycles. The van der Waals surface area contributed by atoms with Gasteiger partial charge in [-0.2, -0.15) is 0 Å². The molecule has 0 aliphatic rings. The summed E-state index contributed by atoms with van der Waals surface area (Å²) < 4.78 is 5.34.